The summed E-state index contributed by atoms with van der Waals surface area (Å²) >= 11 is 0. The first-order chi connectivity index (χ1) is 14.0. The summed E-state index contributed by atoms with van der Waals surface area (Å²) in [6.45, 7) is 8.00. The number of nitrogens with two attached hydrogens (primary N) is 1. The van der Waals surface area contributed by atoms with Gasteiger partial charge in [-0.2, -0.15) is 0 Å². The van der Waals surface area contributed by atoms with Crippen LogP contribution in [-0.4, -0.2) is 54.0 Å². The number of rotatable bonds is 5. The minimum Gasteiger partial charge on any atom is -0.322 e. The molecule has 7 heteroatoms. The van der Waals surface area contributed by atoms with Crippen LogP contribution in [0.4, 0.5) is 10.5 Å². The van der Waals surface area contributed by atoms with E-state index in [0.717, 1.165) is 37.4 Å². The zero-order chi connectivity index (χ0) is 20.8. The molecule has 3 amide bonds. The molecular formula is C22H29N5O2. The normalized spacial score (nSPS) is 14.7. The average molecular weight is 396 g/mol. The molecule has 0 spiro atoms. The molecule has 3 N–H and O–H groups in total. The van der Waals surface area contributed by atoms with Gasteiger partial charge in [0.2, 0.25) is 0 Å². The second-order valence-corrected chi connectivity index (χ2v) is 7.49. The van der Waals surface area contributed by atoms with Gasteiger partial charge in [-0.25, -0.2) is 10.6 Å². The molecule has 0 bridgehead atoms. The Kier molecular flexibility index (Phi) is 6.85. The molecule has 154 valence electrons. The fourth-order valence-electron chi connectivity index (χ4n) is 3.51. The number of urea groups is 1. The first-order valence-corrected chi connectivity index (χ1v) is 9.95. The van der Waals surface area contributed by atoms with E-state index in [1.165, 1.54) is 0 Å². The fourth-order valence-corrected chi connectivity index (χ4v) is 3.51. The number of benzene rings is 2. The van der Waals surface area contributed by atoms with Gasteiger partial charge in [0.1, 0.15) is 0 Å². The van der Waals surface area contributed by atoms with E-state index >= 15 is 0 Å². The largest absolute Gasteiger partial charge is 0.324 e. The summed E-state index contributed by atoms with van der Waals surface area (Å²) < 4.78 is 0. The number of nitrogens with zero attached hydrogens (tertiary/aromatic N) is 3. The van der Waals surface area contributed by atoms with Gasteiger partial charge in [0.15, 0.2) is 0 Å². The third-order valence-electron chi connectivity index (χ3n) is 5.30. The smallest absolute Gasteiger partial charge is 0.322 e. The molecule has 3 rings (SSSR count). The van der Waals surface area contributed by atoms with Crippen molar-refractivity contribution in [1.82, 2.24) is 15.2 Å². The molecule has 0 aromatic heterocycles. The summed E-state index contributed by atoms with van der Waals surface area (Å²) in [5.41, 5.74) is 4.41. The van der Waals surface area contributed by atoms with Crippen molar-refractivity contribution < 1.29 is 9.59 Å². The van der Waals surface area contributed by atoms with Crippen LogP contribution < -0.4 is 16.2 Å². The van der Waals surface area contributed by atoms with Crippen LogP contribution in [-0.2, 0) is 6.54 Å². The van der Waals surface area contributed by atoms with Gasteiger partial charge in [0.05, 0.1) is 6.54 Å². The number of hydrogen-bond donors (Lipinski definition) is 2. The van der Waals surface area contributed by atoms with E-state index in [1.54, 1.807) is 17.0 Å². The standard InChI is InChI=1S/C22H29N5O2/c1-17(2)25-12-14-26(15-13-25)22(29)27(20-6-4-3-5-7-20)16-18-8-10-19(11-9-18)21(28)24-23/h3-11,17H,12-16,23H2,1-2H3,(H,24,28). The van der Waals surface area contributed by atoms with E-state index in [1.807, 2.05) is 47.4 Å². The second kappa shape index (κ2) is 9.54. The van der Waals surface area contributed by atoms with E-state index in [2.05, 4.69) is 24.2 Å². The minimum absolute atomic E-state index is 0.00313. The van der Waals surface area contributed by atoms with Gasteiger partial charge in [0.25, 0.3) is 5.91 Å². The van der Waals surface area contributed by atoms with Crippen molar-refractivity contribution in [3.05, 3.63) is 65.7 Å². The Bertz CT molecular complexity index is 815. The molecule has 0 atom stereocenters. The number of hydrazine groups is 1. The third-order valence-corrected chi connectivity index (χ3v) is 5.30. The topological polar surface area (TPSA) is 81.9 Å². The van der Waals surface area contributed by atoms with Crippen molar-refractivity contribution >= 4 is 17.6 Å². The lowest BCUT2D eigenvalue weighted by Gasteiger charge is -2.39. The molecule has 1 aliphatic rings. The highest BCUT2D eigenvalue weighted by molar-refractivity contribution is 5.94. The monoisotopic (exact) mass is 395 g/mol. The Labute approximate surface area is 172 Å². The van der Waals surface area contributed by atoms with Crippen molar-refractivity contribution in [2.24, 2.45) is 5.84 Å². The summed E-state index contributed by atoms with van der Waals surface area (Å²) in [6, 6.07) is 17.3. The van der Waals surface area contributed by atoms with E-state index in [9.17, 15) is 9.59 Å². The summed E-state index contributed by atoms with van der Waals surface area (Å²) in [5.74, 6) is 4.85. The number of nitrogen functional groups attached to an aromatic ring is 1. The predicted molar refractivity (Wildman–Crippen MR) is 114 cm³/mol. The van der Waals surface area contributed by atoms with Crippen LogP contribution in [0.2, 0.25) is 0 Å². The summed E-state index contributed by atoms with van der Waals surface area (Å²) in [5, 5.41) is 0. The Morgan fingerprint density at radius 2 is 1.62 bits per heavy atom. The zero-order valence-electron chi connectivity index (χ0n) is 17.0. The van der Waals surface area contributed by atoms with Crippen LogP contribution in [0.25, 0.3) is 0 Å². The number of carbonyl (C=O) groups is 2. The molecule has 0 saturated carbocycles. The Balaban J connectivity index is 1.77. The van der Waals surface area contributed by atoms with Gasteiger partial charge < -0.3 is 4.90 Å². The lowest BCUT2D eigenvalue weighted by Crippen LogP contribution is -2.54. The molecule has 1 fully saturated rings. The molecule has 29 heavy (non-hydrogen) atoms. The van der Waals surface area contributed by atoms with Crippen LogP contribution in [0.15, 0.2) is 54.6 Å². The first-order valence-electron chi connectivity index (χ1n) is 9.95. The number of amides is 3. The number of para-hydroxylation sites is 1. The minimum atomic E-state index is -0.337. The number of piperazine rings is 1. The van der Waals surface area contributed by atoms with Crippen molar-refractivity contribution in [2.45, 2.75) is 26.4 Å². The van der Waals surface area contributed by atoms with Gasteiger partial charge in [-0.3, -0.25) is 20.0 Å². The lowest BCUT2D eigenvalue weighted by atomic mass is 10.1. The maximum atomic E-state index is 13.4. The van der Waals surface area contributed by atoms with E-state index < -0.39 is 0 Å². The van der Waals surface area contributed by atoms with E-state index in [0.29, 0.717) is 18.2 Å². The zero-order valence-corrected chi connectivity index (χ0v) is 17.0. The maximum Gasteiger partial charge on any atom is 0.324 e. The molecule has 2 aromatic rings. The molecule has 7 nitrogen and oxygen atoms in total. The molecule has 1 aliphatic heterocycles. The van der Waals surface area contributed by atoms with E-state index in [-0.39, 0.29) is 11.9 Å². The van der Waals surface area contributed by atoms with Crippen LogP contribution in [0, 0.1) is 0 Å². The fraction of sp³-hybridized carbons (Fsp3) is 0.364. The SMILES string of the molecule is CC(C)N1CCN(C(=O)N(Cc2ccc(C(=O)NN)cc2)c2ccccc2)CC1. The first kappa shape index (κ1) is 20.8. The average Bonchev–Trinajstić information content (AvgIpc) is 2.77. The van der Waals surface area contributed by atoms with Gasteiger partial charge in [0, 0.05) is 43.5 Å². The third kappa shape index (κ3) is 5.13. The van der Waals surface area contributed by atoms with Crippen LogP contribution >= 0.6 is 0 Å². The van der Waals surface area contributed by atoms with Crippen LogP contribution in [0.1, 0.15) is 29.8 Å². The lowest BCUT2D eigenvalue weighted by molar-refractivity contribution is 0.0953. The van der Waals surface area contributed by atoms with Crippen molar-refractivity contribution in [3.63, 3.8) is 0 Å². The number of carbonyl (C=O) groups excluding carboxylic acids is 2. The summed E-state index contributed by atoms with van der Waals surface area (Å²) in [7, 11) is 0. The van der Waals surface area contributed by atoms with Crippen molar-refractivity contribution in [3.8, 4) is 0 Å². The quantitative estimate of drug-likeness (QED) is 0.463. The summed E-state index contributed by atoms with van der Waals surface area (Å²) in [6.07, 6.45) is 0. The molecule has 1 heterocycles. The number of nitrogens with one attached hydrogen (secondary N) is 1. The molecule has 0 unspecified atom stereocenters. The van der Waals surface area contributed by atoms with Crippen molar-refractivity contribution in [2.75, 3.05) is 31.1 Å². The van der Waals surface area contributed by atoms with Crippen molar-refractivity contribution in [1.29, 1.82) is 0 Å². The molecular weight excluding hydrogens is 366 g/mol. The highest BCUT2D eigenvalue weighted by Gasteiger charge is 2.27. The predicted octanol–water partition coefficient (Wildman–Crippen LogP) is 2.44. The highest BCUT2D eigenvalue weighted by atomic mass is 16.2. The molecule has 0 radical (unpaired) electrons. The van der Waals surface area contributed by atoms with Gasteiger partial charge in [-0.1, -0.05) is 30.3 Å². The number of hydrogen-bond acceptors (Lipinski definition) is 4. The van der Waals surface area contributed by atoms with Gasteiger partial charge >= 0.3 is 6.03 Å². The maximum absolute atomic E-state index is 13.4. The van der Waals surface area contributed by atoms with Crippen LogP contribution in [0.5, 0.6) is 0 Å². The molecule has 1 saturated heterocycles. The molecule has 0 aliphatic carbocycles. The van der Waals surface area contributed by atoms with Gasteiger partial charge in [-0.05, 0) is 43.7 Å². The number of anilines is 1. The van der Waals surface area contributed by atoms with Gasteiger partial charge in [-0.15, -0.1) is 0 Å². The Hall–Kier alpha value is -2.90. The van der Waals surface area contributed by atoms with Crippen LogP contribution in [0.3, 0.4) is 0 Å². The Morgan fingerprint density at radius 1 is 1.00 bits per heavy atom. The van der Waals surface area contributed by atoms with E-state index in [4.69, 9.17) is 5.84 Å². The second-order valence-electron chi connectivity index (χ2n) is 7.49. The molecule has 2 aromatic carbocycles. The summed E-state index contributed by atoms with van der Waals surface area (Å²) in [4.78, 5) is 31.1. The Morgan fingerprint density at radius 3 is 2.17 bits per heavy atom. The highest BCUT2D eigenvalue weighted by Crippen LogP contribution is 2.20.